The van der Waals surface area contributed by atoms with Crippen molar-refractivity contribution >= 4 is 29.3 Å². The number of rotatable bonds is 6. The van der Waals surface area contributed by atoms with Gasteiger partial charge >= 0.3 is 0 Å². The lowest BCUT2D eigenvalue weighted by molar-refractivity contribution is -0.120. The van der Waals surface area contributed by atoms with Crippen molar-refractivity contribution in [2.75, 3.05) is 11.1 Å². The summed E-state index contributed by atoms with van der Waals surface area (Å²) in [5, 5.41) is 5.44. The molecule has 1 aromatic carbocycles. The molecule has 0 radical (unpaired) electrons. The maximum absolute atomic E-state index is 12.8. The molecule has 0 spiro atoms. The van der Waals surface area contributed by atoms with Gasteiger partial charge in [-0.05, 0) is 44.0 Å². The summed E-state index contributed by atoms with van der Waals surface area (Å²) in [6.07, 6.45) is 4.45. The van der Waals surface area contributed by atoms with Crippen LogP contribution in [0.25, 0.3) is 0 Å². The van der Waals surface area contributed by atoms with Crippen LogP contribution in [0.4, 0.5) is 10.1 Å². The fraction of sp³-hybridized carbons (Fsp3) is 0.500. The highest BCUT2D eigenvalue weighted by atomic mass is 32.2. The van der Waals surface area contributed by atoms with Crippen molar-refractivity contribution in [2.24, 2.45) is 0 Å². The molecule has 0 heterocycles. The van der Waals surface area contributed by atoms with Gasteiger partial charge in [-0.15, -0.1) is 11.8 Å². The van der Waals surface area contributed by atoms with Crippen LogP contribution in [-0.2, 0) is 9.59 Å². The molecule has 1 atom stereocenters. The normalized spacial score (nSPS) is 16.3. The monoisotopic (exact) mass is 324 g/mol. The molecular formula is C16H21FN2O2S. The maximum Gasteiger partial charge on any atom is 0.234 e. The minimum atomic E-state index is -0.343. The number of hydrogen-bond acceptors (Lipinski definition) is 3. The Labute approximate surface area is 134 Å². The average Bonchev–Trinajstić information content (AvgIpc) is 3.00. The fourth-order valence-electron chi connectivity index (χ4n) is 2.40. The fourth-order valence-corrected chi connectivity index (χ4v) is 3.09. The third kappa shape index (κ3) is 5.33. The molecule has 1 aliphatic rings. The van der Waals surface area contributed by atoms with Crippen molar-refractivity contribution in [2.45, 2.75) is 43.9 Å². The minimum Gasteiger partial charge on any atom is -0.352 e. The summed E-state index contributed by atoms with van der Waals surface area (Å²) in [5.41, 5.74) is 0.551. The third-order valence-corrected chi connectivity index (χ3v) is 4.81. The molecule has 0 aliphatic heterocycles. The van der Waals surface area contributed by atoms with E-state index >= 15 is 0 Å². The Morgan fingerprint density at radius 3 is 2.55 bits per heavy atom. The van der Waals surface area contributed by atoms with E-state index in [-0.39, 0.29) is 28.6 Å². The van der Waals surface area contributed by atoms with E-state index in [0.29, 0.717) is 11.7 Å². The highest BCUT2D eigenvalue weighted by Crippen LogP contribution is 2.19. The van der Waals surface area contributed by atoms with Gasteiger partial charge in [-0.2, -0.15) is 0 Å². The first-order valence-corrected chi connectivity index (χ1v) is 8.57. The van der Waals surface area contributed by atoms with Crippen LogP contribution in [0.15, 0.2) is 24.3 Å². The number of carbonyl (C=O) groups is 2. The molecule has 22 heavy (non-hydrogen) atoms. The van der Waals surface area contributed by atoms with Gasteiger partial charge in [-0.3, -0.25) is 9.59 Å². The molecule has 0 saturated heterocycles. The molecule has 6 heteroatoms. The first kappa shape index (κ1) is 16.8. The number of nitrogens with one attached hydrogen (secondary N) is 2. The zero-order valence-corrected chi connectivity index (χ0v) is 13.4. The number of anilines is 1. The van der Waals surface area contributed by atoms with E-state index in [0.717, 1.165) is 12.8 Å². The van der Waals surface area contributed by atoms with Crippen molar-refractivity contribution in [1.82, 2.24) is 5.32 Å². The zero-order chi connectivity index (χ0) is 15.9. The van der Waals surface area contributed by atoms with Gasteiger partial charge < -0.3 is 10.6 Å². The lowest BCUT2D eigenvalue weighted by Crippen LogP contribution is -2.38. The van der Waals surface area contributed by atoms with E-state index in [9.17, 15) is 14.0 Å². The second-order valence-electron chi connectivity index (χ2n) is 5.50. The highest BCUT2D eigenvalue weighted by Gasteiger charge is 2.21. The molecule has 2 rings (SSSR count). The quantitative estimate of drug-likeness (QED) is 0.846. The van der Waals surface area contributed by atoms with E-state index in [4.69, 9.17) is 0 Å². The van der Waals surface area contributed by atoms with Crippen molar-refractivity contribution in [3.8, 4) is 0 Å². The summed E-state index contributed by atoms with van der Waals surface area (Å²) in [4.78, 5) is 23.8. The summed E-state index contributed by atoms with van der Waals surface area (Å²) in [5.74, 6) is -0.357. The number of thioether (sulfide) groups is 1. The van der Waals surface area contributed by atoms with Crippen LogP contribution in [0.5, 0.6) is 0 Å². The van der Waals surface area contributed by atoms with Gasteiger partial charge in [-0.25, -0.2) is 4.39 Å². The minimum absolute atomic E-state index is 0.00789. The SMILES string of the molecule is C[C@@H](SCC(=O)Nc1ccc(F)cc1)C(=O)NC1CCCC1. The molecule has 1 aliphatic carbocycles. The summed E-state index contributed by atoms with van der Waals surface area (Å²) < 4.78 is 12.8. The lowest BCUT2D eigenvalue weighted by atomic mass is 10.2. The number of halogens is 1. The first-order chi connectivity index (χ1) is 10.5. The molecule has 1 saturated carbocycles. The Hall–Kier alpha value is -1.56. The predicted octanol–water partition coefficient (Wildman–Crippen LogP) is 2.94. The van der Waals surface area contributed by atoms with Gasteiger partial charge in [0.15, 0.2) is 0 Å². The van der Waals surface area contributed by atoms with Crippen molar-refractivity contribution in [3.05, 3.63) is 30.1 Å². The maximum atomic E-state index is 12.8. The van der Waals surface area contributed by atoms with Gasteiger partial charge in [0.2, 0.25) is 11.8 Å². The second kappa shape index (κ2) is 8.17. The Morgan fingerprint density at radius 2 is 1.91 bits per heavy atom. The lowest BCUT2D eigenvalue weighted by Gasteiger charge is -2.16. The molecule has 0 bridgehead atoms. The largest absolute Gasteiger partial charge is 0.352 e. The van der Waals surface area contributed by atoms with Gasteiger partial charge in [0.25, 0.3) is 0 Å². The standard InChI is InChI=1S/C16H21FN2O2S/c1-11(16(21)19-13-4-2-3-5-13)22-10-15(20)18-14-8-6-12(17)7-9-14/h6-9,11,13H,2-5,10H2,1H3,(H,18,20)(H,19,21)/t11-/m1/s1. The second-order valence-corrected chi connectivity index (χ2v) is 6.83. The number of hydrogen-bond donors (Lipinski definition) is 2. The van der Waals surface area contributed by atoms with Crippen LogP contribution in [0, 0.1) is 5.82 Å². The summed E-state index contributed by atoms with van der Waals surface area (Å²) in [6.45, 7) is 1.81. The van der Waals surface area contributed by atoms with Crippen molar-refractivity contribution in [3.63, 3.8) is 0 Å². The van der Waals surface area contributed by atoms with Crippen LogP contribution in [0.2, 0.25) is 0 Å². The average molecular weight is 324 g/mol. The van der Waals surface area contributed by atoms with E-state index in [1.807, 2.05) is 0 Å². The van der Waals surface area contributed by atoms with E-state index < -0.39 is 0 Å². The van der Waals surface area contributed by atoms with Gasteiger partial charge in [-0.1, -0.05) is 12.8 Å². The van der Waals surface area contributed by atoms with Crippen molar-refractivity contribution < 1.29 is 14.0 Å². The smallest absolute Gasteiger partial charge is 0.234 e. The Morgan fingerprint density at radius 1 is 1.27 bits per heavy atom. The predicted molar refractivity (Wildman–Crippen MR) is 87.3 cm³/mol. The van der Waals surface area contributed by atoms with Crippen molar-refractivity contribution in [1.29, 1.82) is 0 Å². The number of benzene rings is 1. The molecule has 1 fully saturated rings. The Balaban J connectivity index is 1.70. The molecule has 2 N–H and O–H groups in total. The molecule has 0 aromatic heterocycles. The molecule has 1 aromatic rings. The van der Waals surface area contributed by atoms with Gasteiger partial charge in [0, 0.05) is 11.7 Å². The van der Waals surface area contributed by atoms with E-state index in [2.05, 4.69) is 10.6 Å². The number of amides is 2. The van der Waals surface area contributed by atoms with E-state index in [1.54, 1.807) is 6.92 Å². The molecular weight excluding hydrogens is 303 g/mol. The molecule has 4 nitrogen and oxygen atoms in total. The number of carbonyl (C=O) groups excluding carboxylic acids is 2. The Kier molecular flexibility index (Phi) is 6.24. The summed E-state index contributed by atoms with van der Waals surface area (Å²) in [7, 11) is 0. The summed E-state index contributed by atoms with van der Waals surface area (Å²) in [6, 6.07) is 5.90. The van der Waals surface area contributed by atoms with Crippen LogP contribution in [0.1, 0.15) is 32.6 Å². The zero-order valence-electron chi connectivity index (χ0n) is 12.6. The van der Waals surface area contributed by atoms with Crippen LogP contribution in [0.3, 0.4) is 0 Å². The van der Waals surface area contributed by atoms with Crippen LogP contribution in [-0.4, -0.2) is 28.9 Å². The molecule has 120 valence electrons. The highest BCUT2D eigenvalue weighted by molar-refractivity contribution is 8.01. The molecule has 2 amide bonds. The first-order valence-electron chi connectivity index (χ1n) is 7.52. The molecule has 0 unspecified atom stereocenters. The van der Waals surface area contributed by atoms with Crippen LogP contribution >= 0.6 is 11.8 Å². The van der Waals surface area contributed by atoms with E-state index in [1.165, 1.54) is 48.9 Å². The Bertz CT molecular complexity index is 515. The topological polar surface area (TPSA) is 58.2 Å². The summed E-state index contributed by atoms with van der Waals surface area (Å²) >= 11 is 1.30. The van der Waals surface area contributed by atoms with Crippen LogP contribution < -0.4 is 10.6 Å². The van der Waals surface area contributed by atoms with Gasteiger partial charge in [0.05, 0.1) is 11.0 Å². The third-order valence-electron chi connectivity index (χ3n) is 3.66. The van der Waals surface area contributed by atoms with Gasteiger partial charge in [0.1, 0.15) is 5.82 Å².